The maximum absolute atomic E-state index is 13.6. The van der Waals surface area contributed by atoms with Crippen LogP contribution in [0.1, 0.15) is 66.7 Å². The monoisotopic (exact) mass is 524 g/mol. The molecule has 1 N–H and O–H groups in total. The molecule has 198 valence electrons. The summed E-state index contributed by atoms with van der Waals surface area (Å²) in [5, 5.41) is 11.7. The highest BCUT2D eigenvalue weighted by Gasteiger charge is 2.78. The average molecular weight is 525 g/mol. The van der Waals surface area contributed by atoms with Crippen LogP contribution in [0.4, 0.5) is 0 Å². The third-order valence-electron chi connectivity index (χ3n) is 9.97. The van der Waals surface area contributed by atoms with Gasteiger partial charge >= 0.3 is 11.9 Å². The molecule has 1 unspecified atom stereocenters. The zero-order chi connectivity index (χ0) is 27.0. The quantitative estimate of drug-likeness (QED) is 0.253. The largest absolute Gasteiger partial charge is 0.458 e. The first kappa shape index (κ1) is 26.9. The van der Waals surface area contributed by atoms with Gasteiger partial charge in [0, 0.05) is 31.1 Å². The Morgan fingerprint density at radius 1 is 1.06 bits per heavy atom. The summed E-state index contributed by atoms with van der Waals surface area (Å²) in [7, 11) is 0. The molecule has 0 heterocycles. The molecule has 4 saturated carbocycles. The molecular weight excluding hydrogens is 492 g/mol. The summed E-state index contributed by atoms with van der Waals surface area (Å²) in [4.78, 5) is 74.2. The summed E-state index contributed by atoms with van der Waals surface area (Å²) < 4.78 is 10.8. The van der Waals surface area contributed by atoms with Crippen LogP contribution < -0.4 is 0 Å². The summed E-state index contributed by atoms with van der Waals surface area (Å²) in [5.74, 6) is -5.98. The topological polar surface area (TPSA) is 141 Å². The van der Waals surface area contributed by atoms with Gasteiger partial charge in [0.25, 0.3) is 0 Å². The van der Waals surface area contributed by atoms with E-state index in [1.807, 2.05) is 0 Å². The van der Waals surface area contributed by atoms with Crippen molar-refractivity contribution in [1.29, 1.82) is 0 Å². The number of rotatable bonds is 4. The zero-order valence-electron chi connectivity index (χ0n) is 21.2. The Balaban J connectivity index is 1.83. The Hall–Kier alpha value is -2.13. The molecule has 0 bridgehead atoms. The van der Waals surface area contributed by atoms with Crippen LogP contribution in [0.25, 0.3) is 0 Å². The second-order valence-electron chi connectivity index (χ2n) is 11.5. The highest BCUT2D eigenvalue weighted by molar-refractivity contribution is 6.45. The van der Waals surface area contributed by atoms with E-state index in [9.17, 15) is 33.9 Å². The van der Waals surface area contributed by atoms with Gasteiger partial charge in [0.2, 0.25) is 17.3 Å². The van der Waals surface area contributed by atoms with Crippen LogP contribution in [-0.4, -0.2) is 63.4 Å². The molecule has 0 saturated heterocycles. The molecule has 4 fully saturated rings. The minimum absolute atomic E-state index is 0.0845. The molecule has 4 rings (SSSR count). The molecule has 9 atom stereocenters. The highest BCUT2D eigenvalue weighted by Crippen LogP contribution is 2.72. The van der Waals surface area contributed by atoms with Crippen LogP contribution in [0.15, 0.2) is 0 Å². The fourth-order valence-corrected chi connectivity index (χ4v) is 9.05. The fourth-order valence-electron chi connectivity index (χ4n) is 8.47. The van der Waals surface area contributed by atoms with Gasteiger partial charge in [0.1, 0.15) is 5.78 Å². The number of ketones is 4. The summed E-state index contributed by atoms with van der Waals surface area (Å²) in [6.07, 6.45) is -0.959. The summed E-state index contributed by atoms with van der Waals surface area (Å²) >= 11 is 7.31. The van der Waals surface area contributed by atoms with Crippen LogP contribution in [0.3, 0.4) is 0 Å². The standard InChI is InChI=1S/C26H33ClO9/c1-12-8-17-15-6-7-16-22(34)18(30)9-19(31)24(16,5)25(15,27)20(32)10-23(17,4)26(12,36-14(3)29)21(33)11-35-13(2)28/h12,15-17,20,32H,6-11H2,1-5H3/t12-,15+,16?,17+,20+,23+,24-,25+,26-/m1/s1. The van der Waals surface area contributed by atoms with Crippen molar-refractivity contribution in [3.63, 3.8) is 0 Å². The number of Topliss-reactive ketones (excluding diaryl/α,β-unsaturated/α-hetero) is 4. The van der Waals surface area contributed by atoms with Crippen LogP contribution in [0.2, 0.25) is 0 Å². The lowest BCUT2D eigenvalue weighted by Gasteiger charge is -2.65. The molecule has 0 amide bonds. The number of ether oxygens (including phenoxy) is 2. The van der Waals surface area contributed by atoms with E-state index in [1.165, 1.54) is 13.8 Å². The van der Waals surface area contributed by atoms with Crippen molar-refractivity contribution in [3.05, 3.63) is 0 Å². The van der Waals surface area contributed by atoms with E-state index in [1.54, 1.807) is 20.8 Å². The van der Waals surface area contributed by atoms with E-state index < -0.39 is 93.3 Å². The van der Waals surface area contributed by atoms with E-state index in [0.717, 1.165) is 0 Å². The first-order chi connectivity index (χ1) is 16.6. The van der Waals surface area contributed by atoms with Crippen molar-refractivity contribution in [2.45, 2.75) is 83.3 Å². The number of alkyl halides is 1. The van der Waals surface area contributed by atoms with E-state index in [0.29, 0.717) is 12.8 Å². The number of carbonyl (C=O) groups is 6. The van der Waals surface area contributed by atoms with E-state index in [4.69, 9.17) is 21.1 Å². The normalized spacial score (nSPS) is 45.9. The molecule has 4 aliphatic carbocycles. The van der Waals surface area contributed by atoms with Crippen LogP contribution in [-0.2, 0) is 38.2 Å². The number of aliphatic hydroxyl groups excluding tert-OH is 1. The van der Waals surface area contributed by atoms with Gasteiger partial charge in [-0.2, -0.15) is 0 Å². The number of esters is 2. The molecule has 0 aliphatic heterocycles. The molecule has 10 heteroatoms. The van der Waals surface area contributed by atoms with Gasteiger partial charge < -0.3 is 14.6 Å². The van der Waals surface area contributed by atoms with Crippen LogP contribution in [0.5, 0.6) is 0 Å². The average Bonchev–Trinajstić information content (AvgIpc) is 2.99. The Morgan fingerprint density at radius 2 is 1.69 bits per heavy atom. The predicted octanol–water partition coefficient (Wildman–Crippen LogP) is 1.97. The van der Waals surface area contributed by atoms with Crippen molar-refractivity contribution in [1.82, 2.24) is 0 Å². The van der Waals surface area contributed by atoms with Gasteiger partial charge in [-0.1, -0.05) is 20.8 Å². The lowest BCUT2D eigenvalue weighted by atomic mass is 9.42. The second kappa shape index (κ2) is 8.45. The van der Waals surface area contributed by atoms with Gasteiger partial charge in [0.15, 0.2) is 12.2 Å². The predicted molar refractivity (Wildman–Crippen MR) is 125 cm³/mol. The summed E-state index contributed by atoms with van der Waals surface area (Å²) in [6, 6.07) is 0. The SMILES string of the molecule is CC(=O)OCC(=O)[C@]1(OC(C)=O)[C@H](C)C[C@H]2[C@@H]3CCC4C(=O)C(=O)CC(=O)[C@]4(C)[C@@]3(Cl)[C@@H](O)C[C@@]21C. The van der Waals surface area contributed by atoms with E-state index in [-0.39, 0.29) is 18.8 Å². The van der Waals surface area contributed by atoms with Crippen molar-refractivity contribution >= 4 is 46.7 Å². The maximum atomic E-state index is 13.6. The minimum Gasteiger partial charge on any atom is -0.458 e. The Kier molecular flexibility index (Phi) is 6.32. The summed E-state index contributed by atoms with van der Waals surface area (Å²) in [5.41, 5.74) is -4.22. The number of halogens is 1. The van der Waals surface area contributed by atoms with Crippen LogP contribution >= 0.6 is 11.6 Å². The number of hydrogen-bond donors (Lipinski definition) is 1. The second-order valence-corrected chi connectivity index (χ2v) is 12.1. The number of aliphatic hydroxyl groups is 1. The molecule has 0 aromatic carbocycles. The summed E-state index contributed by atoms with van der Waals surface area (Å²) in [6.45, 7) is 6.93. The van der Waals surface area contributed by atoms with Crippen molar-refractivity contribution in [2.24, 2.45) is 34.5 Å². The Labute approximate surface area is 214 Å². The fraction of sp³-hybridized carbons (Fsp3) is 0.769. The third-order valence-corrected chi connectivity index (χ3v) is 10.9. The lowest BCUT2D eigenvalue weighted by Crippen LogP contribution is -2.74. The molecule has 36 heavy (non-hydrogen) atoms. The van der Waals surface area contributed by atoms with Gasteiger partial charge in [-0.3, -0.25) is 28.8 Å². The number of hydrogen-bond acceptors (Lipinski definition) is 9. The zero-order valence-corrected chi connectivity index (χ0v) is 22.0. The van der Waals surface area contributed by atoms with Gasteiger partial charge in [-0.25, -0.2) is 0 Å². The highest BCUT2D eigenvalue weighted by atomic mass is 35.5. The first-order valence-corrected chi connectivity index (χ1v) is 12.8. The Morgan fingerprint density at radius 3 is 2.28 bits per heavy atom. The van der Waals surface area contributed by atoms with E-state index >= 15 is 0 Å². The van der Waals surface area contributed by atoms with Gasteiger partial charge in [0.05, 0.1) is 22.8 Å². The van der Waals surface area contributed by atoms with Crippen molar-refractivity contribution in [2.75, 3.05) is 6.61 Å². The molecular formula is C26H33ClO9. The smallest absolute Gasteiger partial charge is 0.303 e. The molecule has 4 aliphatic rings. The van der Waals surface area contributed by atoms with Crippen molar-refractivity contribution in [3.8, 4) is 0 Å². The number of fused-ring (bicyclic) bond motifs is 5. The van der Waals surface area contributed by atoms with Crippen LogP contribution in [0, 0.1) is 34.5 Å². The minimum atomic E-state index is -1.68. The molecule has 0 aromatic heterocycles. The number of carbonyl (C=O) groups excluding carboxylic acids is 6. The van der Waals surface area contributed by atoms with Gasteiger partial charge in [-0.05, 0) is 37.5 Å². The third kappa shape index (κ3) is 3.17. The van der Waals surface area contributed by atoms with E-state index in [2.05, 4.69) is 0 Å². The van der Waals surface area contributed by atoms with Crippen molar-refractivity contribution < 1.29 is 43.3 Å². The lowest BCUT2D eigenvalue weighted by molar-refractivity contribution is -0.208. The molecule has 0 aromatic rings. The first-order valence-electron chi connectivity index (χ1n) is 12.4. The van der Waals surface area contributed by atoms with Gasteiger partial charge in [-0.15, -0.1) is 11.6 Å². The molecule has 0 radical (unpaired) electrons. The Bertz CT molecular complexity index is 1070. The molecule has 0 spiro atoms. The molecule has 9 nitrogen and oxygen atoms in total. The maximum Gasteiger partial charge on any atom is 0.303 e.